The van der Waals surface area contributed by atoms with Crippen LogP contribution in [0.2, 0.25) is 0 Å². The Hall–Kier alpha value is 0.230. The highest BCUT2D eigenvalue weighted by Gasteiger charge is 2.79. The molecular formula is C12H17Br2NO2. The lowest BCUT2D eigenvalue weighted by atomic mass is 9.71. The fourth-order valence-electron chi connectivity index (χ4n) is 4.20. The van der Waals surface area contributed by atoms with Gasteiger partial charge in [0.05, 0.1) is 18.2 Å². The lowest BCUT2D eigenvalue weighted by Crippen LogP contribution is -2.41. The molecule has 1 aliphatic heterocycles. The van der Waals surface area contributed by atoms with Crippen molar-refractivity contribution in [3.63, 3.8) is 0 Å². The quantitative estimate of drug-likeness (QED) is 0.485. The highest BCUT2D eigenvalue weighted by atomic mass is 79.9. The van der Waals surface area contributed by atoms with Gasteiger partial charge in [0.25, 0.3) is 0 Å². The van der Waals surface area contributed by atoms with Gasteiger partial charge in [-0.05, 0) is 25.7 Å². The minimum Gasteiger partial charge on any atom is -0.453 e. The SMILES string of the molecule is COC(=O)N1[C@@]23CCCC[C@@]12C[C@@H](Br)[C@H](Br)C3. The van der Waals surface area contributed by atoms with Gasteiger partial charge in [-0.2, -0.15) is 0 Å². The normalized spacial score (nSPS) is 48.1. The number of ether oxygens (including phenoxy) is 1. The average Bonchev–Trinajstić information content (AvgIpc) is 2.90. The van der Waals surface area contributed by atoms with Gasteiger partial charge in [0.15, 0.2) is 0 Å². The second-order valence-corrected chi connectivity index (χ2v) is 7.87. The van der Waals surface area contributed by atoms with Crippen LogP contribution in [0.3, 0.4) is 0 Å². The van der Waals surface area contributed by atoms with Crippen LogP contribution >= 0.6 is 31.9 Å². The summed E-state index contributed by atoms with van der Waals surface area (Å²) < 4.78 is 4.97. The zero-order chi connectivity index (χ0) is 12.3. The van der Waals surface area contributed by atoms with E-state index in [1.54, 1.807) is 0 Å². The first-order valence-corrected chi connectivity index (χ1v) is 8.07. The van der Waals surface area contributed by atoms with Crippen molar-refractivity contribution in [1.82, 2.24) is 4.90 Å². The Morgan fingerprint density at radius 2 is 1.65 bits per heavy atom. The number of nitrogens with zero attached hydrogens (tertiary/aromatic N) is 1. The molecule has 1 saturated heterocycles. The third kappa shape index (κ3) is 1.41. The number of rotatable bonds is 0. The molecule has 0 spiro atoms. The largest absolute Gasteiger partial charge is 0.453 e. The fourth-order valence-corrected chi connectivity index (χ4v) is 5.64. The van der Waals surface area contributed by atoms with E-state index >= 15 is 0 Å². The standard InChI is InChI=1S/C12H17Br2NO2/c1-17-10(16)15-11-4-2-3-5-12(11,15)7-9(14)8(13)6-11/h8-9H,2-7H2,1H3/t8-,9-,11-,12+,15?/m1/s1. The van der Waals surface area contributed by atoms with Gasteiger partial charge in [0.2, 0.25) is 0 Å². The maximum absolute atomic E-state index is 12.0. The molecule has 5 heteroatoms. The Bertz CT molecular complexity index is 338. The number of likely N-dealkylation sites (tertiary alicyclic amines) is 1. The Balaban J connectivity index is 1.95. The summed E-state index contributed by atoms with van der Waals surface area (Å²) in [5, 5.41) is 0. The molecule has 0 aromatic heterocycles. The van der Waals surface area contributed by atoms with Gasteiger partial charge >= 0.3 is 6.09 Å². The van der Waals surface area contributed by atoms with E-state index in [-0.39, 0.29) is 17.2 Å². The monoisotopic (exact) mass is 365 g/mol. The van der Waals surface area contributed by atoms with Crippen LogP contribution in [0.4, 0.5) is 4.79 Å². The minimum atomic E-state index is -0.131. The van der Waals surface area contributed by atoms with Gasteiger partial charge in [-0.3, -0.25) is 4.90 Å². The maximum Gasteiger partial charge on any atom is 0.410 e. The number of methoxy groups -OCH3 is 1. The molecule has 3 nitrogen and oxygen atoms in total. The van der Waals surface area contributed by atoms with Crippen LogP contribution < -0.4 is 0 Å². The van der Waals surface area contributed by atoms with Gasteiger partial charge in [-0.1, -0.05) is 44.7 Å². The third-order valence-electron chi connectivity index (χ3n) is 4.92. The lowest BCUT2D eigenvalue weighted by molar-refractivity contribution is 0.142. The second-order valence-electron chi connectivity index (χ2n) is 5.52. The van der Waals surface area contributed by atoms with Crippen molar-refractivity contribution in [3.8, 4) is 0 Å². The van der Waals surface area contributed by atoms with Crippen LogP contribution in [0.5, 0.6) is 0 Å². The van der Waals surface area contributed by atoms with Crippen LogP contribution in [0.25, 0.3) is 0 Å². The van der Waals surface area contributed by atoms with Crippen molar-refractivity contribution in [1.29, 1.82) is 0 Å². The molecule has 1 heterocycles. The third-order valence-corrected chi connectivity index (χ3v) is 7.55. The molecule has 0 bridgehead atoms. The van der Waals surface area contributed by atoms with E-state index in [9.17, 15) is 4.79 Å². The molecule has 0 unspecified atom stereocenters. The number of carbonyl (C=O) groups excluding carboxylic acids is 1. The number of hydrogen-bond donors (Lipinski definition) is 0. The number of hydrogen-bond acceptors (Lipinski definition) is 2. The van der Waals surface area contributed by atoms with Crippen LogP contribution in [-0.4, -0.2) is 38.8 Å². The molecule has 0 N–H and O–H groups in total. The van der Waals surface area contributed by atoms with Crippen molar-refractivity contribution in [3.05, 3.63) is 0 Å². The summed E-state index contributed by atoms with van der Waals surface area (Å²) in [5.41, 5.74) is 0.188. The Kier molecular flexibility index (Phi) is 2.79. The van der Waals surface area contributed by atoms with E-state index in [1.807, 2.05) is 4.90 Å². The molecule has 0 aromatic rings. The molecule has 1 amide bonds. The van der Waals surface area contributed by atoms with Gasteiger partial charge in [0.1, 0.15) is 0 Å². The smallest absolute Gasteiger partial charge is 0.410 e. The summed E-state index contributed by atoms with van der Waals surface area (Å²) in [6.45, 7) is 0. The Morgan fingerprint density at radius 1 is 1.18 bits per heavy atom. The van der Waals surface area contributed by atoms with E-state index in [2.05, 4.69) is 31.9 Å². The van der Waals surface area contributed by atoms with Crippen molar-refractivity contribution < 1.29 is 9.53 Å². The van der Waals surface area contributed by atoms with Crippen molar-refractivity contribution in [2.24, 2.45) is 0 Å². The molecule has 17 heavy (non-hydrogen) atoms. The molecule has 3 aliphatic rings. The topological polar surface area (TPSA) is 29.3 Å². The van der Waals surface area contributed by atoms with E-state index in [0.717, 1.165) is 25.7 Å². The van der Waals surface area contributed by atoms with E-state index < -0.39 is 0 Å². The first-order valence-electron chi connectivity index (χ1n) is 6.24. The number of alkyl halides is 2. The summed E-state index contributed by atoms with van der Waals surface area (Å²) in [7, 11) is 1.49. The van der Waals surface area contributed by atoms with Crippen molar-refractivity contribution in [2.75, 3.05) is 7.11 Å². The van der Waals surface area contributed by atoms with Crippen LogP contribution in [0, 0.1) is 0 Å². The average molecular weight is 367 g/mol. The van der Waals surface area contributed by atoms with Crippen LogP contribution in [-0.2, 0) is 4.74 Å². The summed E-state index contributed by atoms with van der Waals surface area (Å²) >= 11 is 7.49. The Labute approximate surface area is 119 Å². The summed E-state index contributed by atoms with van der Waals surface area (Å²) in [4.78, 5) is 14.9. The molecule has 2 saturated carbocycles. The van der Waals surface area contributed by atoms with Crippen molar-refractivity contribution >= 4 is 38.0 Å². The van der Waals surface area contributed by atoms with Gasteiger partial charge in [-0.25, -0.2) is 4.79 Å². The van der Waals surface area contributed by atoms with Gasteiger partial charge < -0.3 is 4.74 Å². The lowest BCUT2D eigenvalue weighted by Gasteiger charge is -2.35. The zero-order valence-electron chi connectivity index (χ0n) is 9.92. The molecule has 3 rings (SSSR count). The molecule has 96 valence electrons. The molecule has 0 radical (unpaired) electrons. The summed E-state index contributed by atoms with van der Waals surface area (Å²) in [6.07, 6.45) is 6.74. The fraction of sp³-hybridized carbons (Fsp3) is 0.917. The predicted molar refractivity (Wildman–Crippen MR) is 72.8 cm³/mol. The van der Waals surface area contributed by atoms with Crippen molar-refractivity contribution in [2.45, 2.75) is 59.3 Å². The number of halogens is 2. The zero-order valence-corrected chi connectivity index (χ0v) is 13.1. The summed E-state index contributed by atoms with van der Waals surface area (Å²) in [6, 6.07) is 0. The van der Waals surface area contributed by atoms with E-state index in [1.165, 1.54) is 20.0 Å². The minimum absolute atomic E-state index is 0.0940. The number of amides is 1. The van der Waals surface area contributed by atoms with Crippen LogP contribution in [0.1, 0.15) is 38.5 Å². The highest BCUT2D eigenvalue weighted by Crippen LogP contribution is 2.68. The first-order chi connectivity index (χ1) is 8.07. The van der Waals surface area contributed by atoms with Gasteiger partial charge in [-0.15, -0.1) is 0 Å². The van der Waals surface area contributed by atoms with E-state index in [0.29, 0.717) is 9.65 Å². The number of carbonyl (C=O) groups is 1. The second kappa shape index (κ2) is 3.86. The molecule has 3 fully saturated rings. The van der Waals surface area contributed by atoms with E-state index in [4.69, 9.17) is 4.74 Å². The molecule has 0 aromatic carbocycles. The molecule has 2 aliphatic carbocycles. The predicted octanol–water partition coefficient (Wildman–Crippen LogP) is 3.44. The van der Waals surface area contributed by atoms with Gasteiger partial charge in [0, 0.05) is 9.65 Å². The van der Waals surface area contributed by atoms with Crippen LogP contribution in [0.15, 0.2) is 0 Å². The summed E-state index contributed by atoms with van der Waals surface area (Å²) in [5.74, 6) is 0. The maximum atomic E-state index is 12.0. The highest BCUT2D eigenvalue weighted by molar-refractivity contribution is 9.12. The molecular weight excluding hydrogens is 350 g/mol. The first kappa shape index (κ1) is 12.3. The Morgan fingerprint density at radius 3 is 2.06 bits per heavy atom. The molecule has 4 atom stereocenters.